The van der Waals surface area contributed by atoms with Crippen molar-refractivity contribution < 1.29 is 9.59 Å². The number of carbonyl (C=O) groups excluding carboxylic acids is 2. The first-order valence-electron chi connectivity index (χ1n) is 10.1. The van der Waals surface area contributed by atoms with Crippen LogP contribution in [0.15, 0.2) is 84.9 Å². The minimum atomic E-state index is -0.129. The number of carbonyl (C=O) groups is 2. The zero-order valence-electron chi connectivity index (χ0n) is 17.3. The molecule has 0 aliphatic carbocycles. The zero-order valence-corrected chi connectivity index (χ0v) is 17.3. The van der Waals surface area contributed by atoms with Crippen molar-refractivity contribution in [3.8, 4) is 0 Å². The van der Waals surface area contributed by atoms with Crippen LogP contribution in [0.5, 0.6) is 0 Å². The average molecular weight is 402 g/mol. The number of anilines is 2. The van der Waals surface area contributed by atoms with E-state index < -0.39 is 0 Å². The fourth-order valence-electron chi connectivity index (χ4n) is 3.23. The molecule has 3 rings (SSSR count). The largest absolute Gasteiger partial charge is 0.376 e. The van der Waals surface area contributed by atoms with Crippen molar-refractivity contribution >= 4 is 23.2 Å². The summed E-state index contributed by atoms with van der Waals surface area (Å²) < 4.78 is 0. The second-order valence-electron chi connectivity index (χ2n) is 7.01. The molecule has 0 heterocycles. The molecule has 30 heavy (non-hydrogen) atoms. The molecule has 0 fully saturated rings. The van der Waals surface area contributed by atoms with Gasteiger partial charge >= 0.3 is 0 Å². The van der Waals surface area contributed by atoms with Gasteiger partial charge in [-0.2, -0.15) is 0 Å². The van der Waals surface area contributed by atoms with Crippen molar-refractivity contribution in [1.29, 1.82) is 0 Å². The van der Waals surface area contributed by atoms with Gasteiger partial charge in [0.2, 0.25) is 5.91 Å². The minimum absolute atomic E-state index is 0.0118. The van der Waals surface area contributed by atoms with Crippen LogP contribution in [0.25, 0.3) is 0 Å². The Morgan fingerprint density at radius 3 is 2.07 bits per heavy atom. The van der Waals surface area contributed by atoms with Gasteiger partial charge in [0.25, 0.3) is 5.91 Å². The lowest BCUT2D eigenvalue weighted by molar-refractivity contribution is -0.116. The maximum atomic E-state index is 12.6. The number of hydrogen-bond acceptors (Lipinski definition) is 3. The van der Waals surface area contributed by atoms with E-state index in [0.717, 1.165) is 16.9 Å². The van der Waals surface area contributed by atoms with Gasteiger partial charge in [0, 0.05) is 23.5 Å². The molecule has 0 radical (unpaired) electrons. The highest BCUT2D eigenvalue weighted by Gasteiger charge is 2.14. The van der Waals surface area contributed by atoms with Gasteiger partial charge in [-0.25, -0.2) is 0 Å². The van der Waals surface area contributed by atoms with Gasteiger partial charge in [-0.15, -0.1) is 0 Å². The van der Waals surface area contributed by atoms with Gasteiger partial charge in [0.1, 0.15) is 0 Å². The van der Waals surface area contributed by atoms with Crippen LogP contribution in [0.4, 0.5) is 11.4 Å². The molecule has 5 nitrogen and oxygen atoms in total. The van der Waals surface area contributed by atoms with E-state index in [9.17, 15) is 9.59 Å². The highest BCUT2D eigenvalue weighted by Crippen LogP contribution is 2.16. The molecule has 0 saturated heterocycles. The fourth-order valence-corrected chi connectivity index (χ4v) is 3.23. The predicted molar refractivity (Wildman–Crippen MR) is 122 cm³/mol. The molecule has 1 unspecified atom stereocenters. The maximum absolute atomic E-state index is 12.6. The molecule has 0 aromatic heterocycles. The number of nitrogens with one attached hydrogen (secondary N) is 2. The molecule has 154 valence electrons. The lowest BCUT2D eigenvalue weighted by Gasteiger charge is -2.21. The van der Waals surface area contributed by atoms with E-state index in [4.69, 9.17) is 0 Å². The van der Waals surface area contributed by atoms with Crippen LogP contribution in [-0.4, -0.2) is 24.9 Å². The van der Waals surface area contributed by atoms with Gasteiger partial charge < -0.3 is 15.5 Å². The molecule has 1 atom stereocenters. The van der Waals surface area contributed by atoms with E-state index in [-0.39, 0.29) is 24.4 Å². The highest BCUT2D eigenvalue weighted by atomic mass is 16.2. The summed E-state index contributed by atoms with van der Waals surface area (Å²) in [6, 6.07) is 26.5. The van der Waals surface area contributed by atoms with Gasteiger partial charge in [0.05, 0.1) is 12.6 Å². The number of amides is 2. The van der Waals surface area contributed by atoms with Crippen molar-refractivity contribution in [3.05, 3.63) is 96.1 Å². The van der Waals surface area contributed by atoms with E-state index in [0.29, 0.717) is 12.1 Å². The molecule has 2 amide bonds. The van der Waals surface area contributed by atoms with Crippen LogP contribution < -0.4 is 15.5 Å². The second kappa shape index (κ2) is 10.3. The normalized spacial score (nSPS) is 11.4. The SMILES string of the molecule is CCN(C(=O)CNc1ccc(C(=O)NC(C)c2ccccc2)cc1)c1ccccc1. The van der Waals surface area contributed by atoms with Crippen LogP contribution in [0.3, 0.4) is 0 Å². The summed E-state index contributed by atoms with van der Waals surface area (Å²) in [6.45, 7) is 4.69. The number of nitrogens with zero attached hydrogens (tertiary/aromatic N) is 1. The third-order valence-corrected chi connectivity index (χ3v) is 4.92. The van der Waals surface area contributed by atoms with Gasteiger partial charge in [-0.3, -0.25) is 9.59 Å². The fraction of sp³-hybridized carbons (Fsp3) is 0.200. The van der Waals surface area contributed by atoms with Crippen molar-refractivity contribution in [1.82, 2.24) is 5.32 Å². The third kappa shape index (κ3) is 5.47. The Bertz CT molecular complexity index is 957. The van der Waals surface area contributed by atoms with Crippen LogP contribution in [0.1, 0.15) is 35.8 Å². The van der Waals surface area contributed by atoms with E-state index in [1.165, 1.54) is 0 Å². The number of rotatable bonds is 8. The third-order valence-electron chi connectivity index (χ3n) is 4.92. The summed E-state index contributed by atoms with van der Waals surface area (Å²) in [4.78, 5) is 26.8. The molecule has 5 heteroatoms. The van der Waals surface area contributed by atoms with E-state index >= 15 is 0 Å². The minimum Gasteiger partial charge on any atom is -0.376 e. The summed E-state index contributed by atoms with van der Waals surface area (Å²) in [7, 11) is 0. The van der Waals surface area contributed by atoms with Crippen molar-refractivity contribution in [2.24, 2.45) is 0 Å². The standard InChI is InChI=1S/C25H27N3O2/c1-3-28(23-12-8-5-9-13-23)24(29)18-26-22-16-14-21(15-17-22)25(30)27-19(2)20-10-6-4-7-11-20/h4-17,19,26H,3,18H2,1-2H3,(H,27,30). The Balaban J connectivity index is 1.55. The number of para-hydroxylation sites is 1. The number of likely N-dealkylation sites (N-methyl/N-ethyl adjacent to an activating group) is 1. The lowest BCUT2D eigenvalue weighted by atomic mass is 10.1. The summed E-state index contributed by atoms with van der Waals surface area (Å²) in [5.74, 6) is -0.141. The van der Waals surface area contributed by atoms with Crippen LogP contribution in [0.2, 0.25) is 0 Å². The summed E-state index contributed by atoms with van der Waals surface area (Å²) >= 11 is 0. The van der Waals surface area contributed by atoms with Crippen LogP contribution in [0, 0.1) is 0 Å². The maximum Gasteiger partial charge on any atom is 0.251 e. The molecule has 0 aliphatic heterocycles. The number of benzene rings is 3. The lowest BCUT2D eigenvalue weighted by Crippen LogP contribution is -2.35. The molecule has 0 saturated carbocycles. The number of hydrogen-bond donors (Lipinski definition) is 2. The van der Waals surface area contributed by atoms with Crippen LogP contribution in [-0.2, 0) is 4.79 Å². The molecule has 0 aliphatic rings. The van der Waals surface area contributed by atoms with Crippen molar-refractivity contribution in [2.75, 3.05) is 23.3 Å². The molecule has 2 N–H and O–H groups in total. The molecule has 3 aromatic rings. The van der Waals surface area contributed by atoms with E-state index in [2.05, 4.69) is 10.6 Å². The molecular weight excluding hydrogens is 374 g/mol. The first kappa shape index (κ1) is 21.1. The predicted octanol–water partition coefficient (Wildman–Crippen LogP) is 4.64. The first-order valence-corrected chi connectivity index (χ1v) is 10.1. The summed E-state index contributed by atoms with van der Waals surface area (Å²) in [5.41, 5.74) is 3.31. The molecule has 0 bridgehead atoms. The van der Waals surface area contributed by atoms with E-state index in [1.54, 1.807) is 17.0 Å². The Morgan fingerprint density at radius 1 is 0.867 bits per heavy atom. The molecule has 3 aromatic carbocycles. The highest BCUT2D eigenvalue weighted by molar-refractivity contribution is 5.96. The second-order valence-corrected chi connectivity index (χ2v) is 7.01. The van der Waals surface area contributed by atoms with Crippen LogP contribution >= 0.6 is 0 Å². The smallest absolute Gasteiger partial charge is 0.251 e. The van der Waals surface area contributed by atoms with Gasteiger partial charge in [-0.05, 0) is 55.8 Å². The van der Waals surface area contributed by atoms with E-state index in [1.807, 2.05) is 86.6 Å². The first-order chi connectivity index (χ1) is 14.6. The average Bonchev–Trinajstić information content (AvgIpc) is 2.79. The molecule has 0 spiro atoms. The quantitative estimate of drug-likeness (QED) is 0.578. The Hall–Kier alpha value is -3.60. The monoisotopic (exact) mass is 401 g/mol. The molecular formula is C25H27N3O2. The zero-order chi connectivity index (χ0) is 21.3. The Labute approximate surface area is 177 Å². The summed E-state index contributed by atoms with van der Waals surface area (Å²) in [5, 5.41) is 6.14. The topological polar surface area (TPSA) is 61.4 Å². The van der Waals surface area contributed by atoms with Gasteiger partial charge in [-0.1, -0.05) is 48.5 Å². The van der Waals surface area contributed by atoms with Gasteiger partial charge in [0.15, 0.2) is 0 Å². The Kier molecular flexibility index (Phi) is 7.22. The van der Waals surface area contributed by atoms with Crippen molar-refractivity contribution in [3.63, 3.8) is 0 Å². The van der Waals surface area contributed by atoms with Crippen molar-refractivity contribution in [2.45, 2.75) is 19.9 Å². The summed E-state index contributed by atoms with van der Waals surface area (Å²) in [6.07, 6.45) is 0. The Morgan fingerprint density at radius 2 is 1.47 bits per heavy atom.